The molecular weight excluding hydrogens is 460 g/mol. The Morgan fingerprint density at radius 2 is 1.76 bits per heavy atom. The highest BCUT2D eigenvalue weighted by atomic mass is 79.9. The Bertz CT molecular complexity index is 974. The molecule has 1 aliphatic rings. The van der Waals surface area contributed by atoms with Crippen molar-refractivity contribution >= 4 is 38.1 Å². The van der Waals surface area contributed by atoms with Gasteiger partial charge in [0.15, 0.2) is 12.9 Å². The van der Waals surface area contributed by atoms with Gasteiger partial charge in [-0.2, -0.15) is 4.31 Å². The molecule has 1 heterocycles. The van der Waals surface area contributed by atoms with Crippen molar-refractivity contribution in [2.45, 2.75) is 5.75 Å². The molecule has 0 spiro atoms. The van der Waals surface area contributed by atoms with Crippen LogP contribution in [0.25, 0.3) is 0 Å². The Balaban J connectivity index is 1.52. The van der Waals surface area contributed by atoms with E-state index in [1.165, 1.54) is 4.31 Å². The van der Waals surface area contributed by atoms with E-state index < -0.39 is 10.0 Å². The van der Waals surface area contributed by atoms with Crippen LogP contribution in [0.4, 0.5) is 0 Å². The first kappa shape index (κ1) is 21.5. The van der Waals surface area contributed by atoms with E-state index in [0.717, 1.165) is 10.0 Å². The molecule has 3 rings (SSSR count). The lowest BCUT2D eigenvalue weighted by Crippen LogP contribution is -2.51. The van der Waals surface area contributed by atoms with Gasteiger partial charge in [0.05, 0.1) is 11.3 Å². The number of carbonyl (C=O) groups is 2. The lowest BCUT2D eigenvalue weighted by atomic mass is 10.2. The molecule has 2 aromatic rings. The molecule has 1 saturated heterocycles. The van der Waals surface area contributed by atoms with Gasteiger partial charge in [0.25, 0.3) is 5.91 Å². The number of hydrogen-bond donors (Lipinski definition) is 0. The Hall–Kier alpha value is -2.23. The number of carbonyl (C=O) groups excluding carboxylic acids is 2. The van der Waals surface area contributed by atoms with Gasteiger partial charge in [0, 0.05) is 30.7 Å². The first-order chi connectivity index (χ1) is 13.9. The standard InChI is InChI=1S/C20H21BrN2O5S/c21-18-6-7-19(17(12-18)13-24)28-14-20(25)22-8-10-23(11-9-22)29(26,27)15-16-4-2-1-3-5-16/h1-7,12-13H,8-11,14-15H2. The van der Waals surface area contributed by atoms with Crippen molar-refractivity contribution < 1.29 is 22.7 Å². The van der Waals surface area contributed by atoms with Crippen LogP contribution in [0.3, 0.4) is 0 Å². The Morgan fingerprint density at radius 1 is 1.07 bits per heavy atom. The molecule has 0 saturated carbocycles. The van der Waals surface area contributed by atoms with Gasteiger partial charge in [0.1, 0.15) is 5.75 Å². The highest BCUT2D eigenvalue weighted by molar-refractivity contribution is 9.10. The second kappa shape index (κ2) is 9.51. The fourth-order valence-electron chi connectivity index (χ4n) is 3.07. The number of rotatable bonds is 7. The second-order valence-corrected chi connectivity index (χ2v) is 9.49. The molecule has 0 unspecified atom stereocenters. The minimum atomic E-state index is -3.43. The van der Waals surface area contributed by atoms with E-state index in [4.69, 9.17) is 4.74 Å². The van der Waals surface area contributed by atoms with Gasteiger partial charge in [0.2, 0.25) is 10.0 Å². The molecule has 29 heavy (non-hydrogen) atoms. The average Bonchev–Trinajstić information content (AvgIpc) is 2.73. The minimum absolute atomic E-state index is 0.0526. The minimum Gasteiger partial charge on any atom is -0.483 e. The monoisotopic (exact) mass is 480 g/mol. The van der Waals surface area contributed by atoms with E-state index in [1.54, 1.807) is 35.2 Å². The van der Waals surface area contributed by atoms with Gasteiger partial charge in [-0.3, -0.25) is 9.59 Å². The summed E-state index contributed by atoms with van der Waals surface area (Å²) in [6.07, 6.45) is 0.668. The first-order valence-corrected chi connectivity index (χ1v) is 11.5. The van der Waals surface area contributed by atoms with Crippen molar-refractivity contribution in [3.63, 3.8) is 0 Å². The van der Waals surface area contributed by atoms with Crippen molar-refractivity contribution in [2.24, 2.45) is 0 Å². The summed E-state index contributed by atoms with van der Waals surface area (Å²) in [7, 11) is -3.43. The van der Waals surface area contributed by atoms with Gasteiger partial charge < -0.3 is 9.64 Å². The summed E-state index contributed by atoms with van der Waals surface area (Å²) in [6.45, 7) is 0.894. The molecule has 1 aliphatic heterocycles. The summed E-state index contributed by atoms with van der Waals surface area (Å²) in [5.41, 5.74) is 1.09. The third kappa shape index (κ3) is 5.65. The molecule has 0 aliphatic carbocycles. The van der Waals surface area contributed by atoms with Crippen molar-refractivity contribution in [3.8, 4) is 5.75 Å². The number of ether oxygens (including phenoxy) is 1. The molecule has 1 amide bonds. The van der Waals surface area contributed by atoms with Crippen molar-refractivity contribution in [1.82, 2.24) is 9.21 Å². The third-order valence-corrected chi connectivity index (χ3v) is 6.97. The van der Waals surface area contributed by atoms with Gasteiger partial charge in [-0.05, 0) is 23.8 Å². The topological polar surface area (TPSA) is 84.0 Å². The van der Waals surface area contributed by atoms with E-state index in [2.05, 4.69) is 15.9 Å². The molecule has 0 radical (unpaired) electrons. The van der Waals surface area contributed by atoms with Gasteiger partial charge >= 0.3 is 0 Å². The third-order valence-electron chi connectivity index (χ3n) is 4.63. The first-order valence-electron chi connectivity index (χ1n) is 9.06. The highest BCUT2D eigenvalue weighted by Gasteiger charge is 2.29. The van der Waals surface area contributed by atoms with Crippen LogP contribution >= 0.6 is 15.9 Å². The number of hydrogen-bond acceptors (Lipinski definition) is 5. The summed E-state index contributed by atoms with van der Waals surface area (Å²) in [4.78, 5) is 25.1. The van der Waals surface area contributed by atoms with Crippen LogP contribution in [0, 0.1) is 0 Å². The fraction of sp³-hybridized carbons (Fsp3) is 0.300. The number of piperazine rings is 1. The van der Waals surface area contributed by atoms with Gasteiger partial charge in [-0.15, -0.1) is 0 Å². The maximum Gasteiger partial charge on any atom is 0.260 e. The normalized spacial score (nSPS) is 15.1. The van der Waals surface area contributed by atoms with Crippen LogP contribution in [-0.2, 0) is 20.6 Å². The molecule has 9 heteroatoms. The Kier molecular flexibility index (Phi) is 7.05. The second-order valence-electron chi connectivity index (χ2n) is 6.61. The molecule has 0 atom stereocenters. The largest absolute Gasteiger partial charge is 0.483 e. The van der Waals surface area contributed by atoms with Crippen molar-refractivity contribution in [1.29, 1.82) is 0 Å². The van der Waals surface area contributed by atoms with E-state index in [0.29, 0.717) is 30.7 Å². The molecule has 2 aromatic carbocycles. The molecular formula is C20H21BrN2O5S. The van der Waals surface area contributed by atoms with Crippen molar-refractivity contribution in [2.75, 3.05) is 32.8 Å². The number of benzene rings is 2. The summed E-state index contributed by atoms with van der Waals surface area (Å²) in [6, 6.07) is 14.0. The van der Waals surface area contributed by atoms with Crippen molar-refractivity contribution in [3.05, 3.63) is 64.1 Å². The molecule has 7 nitrogen and oxygen atoms in total. The highest BCUT2D eigenvalue weighted by Crippen LogP contribution is 2.22. The summed E-state index contributed by atoms with van der Waals surface area (Å²) < 4.78 is 32.9. The maximum atomic E-state index is 12.6. The molecule has 0 N–H and O–H groups in total. The Labute approximate surface area is 178 Å². The quantitative estimate of drug-likeness (QED) is 0.567. The van der Waals surface area contributed by atoms with Crippen LogP contribution in [0.1, 0.15) is 15.9 Å². The number of sulfonamides is 1. The number of halogens is 1. The molecule has 154 valence electrons. The average molecular weight is 481 g/mol. The predicted molar refractivity (Wildman–Crippen MR) is 112 cm³/mol. The molecule has 0 aromatic heterocycles. The van der Waals surface area contributed by atoms with E-state index in [-0.39, 0.29) is 31.4 Å². The van der Waals surface area contributed by atoms with Crippen LogP contribution in [0.5, 0.6) is 5.75 Å². The summed E-state index contributed by atoms with van der Waals surface area (Å²) in [5, 5.41) is 0. The van der Waals surface area contributed by atoms with Crippen LogP contribution in [0.2, 0.25) is 0 Å². The lowest BCUT2D eigenvalue weighted by Gasteiger charge is -2.34. The lowest BCUT2D eigenvalue weighted by molar-refractivity contribution is -0.134. The Morgan fingerprint density at radius 3 is 2.41 bits per heavy atom. The van der Waals surface area contributed by atoms with E-state index in [1.807, 2.05) is 18.2 Å². The molecule has 1 fully saturated rings. The van der Waals surface area contributed by atoms with E-state index >= 15 is 0 Å². The summed E-state index contributed by atoms with van der Waals surface area (Å²) >= 11 is 3.28. The zero-order valence-electron chi connectivity index (χ0n) is 15.7. The predicted octanol–water partition coefficient (Wildman–Crippen LogP) is 2.31. The maximum absolute atomic E-state index is 12.6. The number of nitrogens with zero attached hydrogens (tertiary/aromatic N) is 2. The summed E-state index contributed by atoms with van der Waals surface area (Å²) in [5.74, 6) is 0.0358. The fourth-order valence-corrected chi connectivity index (χ4v) is 4.96. The zero-order chi connectivity index (χ0) is 20.9. The van der Waals surface area contributed by atoms with Crippen LogP contribution in [0.15, 0.2) is 53.0 Å². The molecule has 0 bridgehead atoms. The van der Waals surface area contributed by atoms with Gasteiger partial charge in [-0.25, -0.2) is 8.42 Å². The van der Waals surface area contributed by atoms with Crippen LogP contribution in [-0.4, -0.2) is 62.6 Å². The SMILES string of the molecule is O=Cc1cc(Br)ccc1OCC(=O)N1CCN(S(=O)(=O)Cc2ccccc2)CC1. The van der Waals surface area contributed by atoms with E-state index in [9.17, 15) is 18.0 Å². The smallest absolute Gasteiger partial charge is 0.260 e. The van der Waals surface area contributed by atoms with Crippen LogP contribution < -0.4 is 4.74 Å². The number of amides is 1. The zero-order valence-corrected chi connectivity index (χ0v) is 18.1. The number of aldehydes is 1. The van der Waals surface area contributed by atoms with Gasteiger partial charge in [-0.1, -0.05) is 46.3 Å².